The normalized spacial score (nSPS) is 22.4. The summed E-state index contributed by atoms with van der Waals surface area (Å²) in [6, 6.07) is 10.3. The average Bonchev–Trinajstić information content (AvgIpc) is 2.47. The molecule has 1 amide bonds. The number of hydrogen-bond donors (Lipinski definition) is 1. The van der Waals surface area contributed by atoms with Crippen molar-refractivity contribution in [3.8, 4) is 0 Å². The summed E-state index contributed by atoms with van der Waals surface area (Å²) in [6.45, 7) is 2.52. The first-order valence-electron chi connectivity index (χ1n) is 7.81. The molecule has 108 valence electrons. The fraction of sp³-hybridized carbons (Fsp3) is 0.588. The molecule has 2 fully saturated rings. The van der Waals surface area contributed by atoms with Gasteiger partial charge < -0.3 is 10.6 Å². The Labute approximate surface area is 121 Å². The van der Waals surface area contributed by atoms with Gasteiger partial charge in [-0.05, 0) is 43.7 Å². The van der Waals surface area contributed by atoms with Crippen LogP contribution in [0, 0.1) is 5.92 Å². The number of likely N-dealkylation sites (tertiary alicyclic amines) is 1. The summed E-state index contributed by atoms with van der Waals surface area (Å²) in [7, 11) is 0. The molecule has 0 aromatic heterocycles. The van der Waals surface area contributed by atoms with Crippen LogP contribution in [-0.4, -0.2) is 30.4 Å². The number of rotatable bonds is 3. The minimum absolute atomic E-state index is 0.225. The molecule has 1 heterocycles. The van der Waals surface area contributed by atoms with Crippen LogP contribution in [0.1, 0.15) is 37.7 Å². The minimum atomic E-state index is -0.225. The van der Waals surface area contributed by atoms with Crippen molar-refractivity contribution >= 4 is 5.91 Å². The standard InChI is InChI=1S/C17H24N2O/c18-13-14-7-11-19(12-8-14)16(20)17(9-4-10-17)15-5-2-1-3-6-15/h1-3,5-6,14H,4,7-13,18H2. The smallest absolute Gasteiger partial charge is 0.233 e. The Hall–Kier alpha value is -1.35. The van der Waals surface area contributed by atoms with Crippen LogP contribution in [0.4, 0.5) is 0 Å². The third-order valence-electron chi connectivity index (χ3n) is 5.18. The van der Waals surface area contributed by atoms with Crippen LogP contribution in [0.2, 0.25) is 0 Å². The fourth-order valence-corrected chi connectivity index (χ4v) is 3.59. The van der Waals surface area contributed by atoms with Crippen molar-refractivity contribution in [1.29, 1.82) is 0 Å². The first-order valence-corrected chi connectivity index (χ1v) is 7.81. The molecule has 3 heteroatoms. The predicted molar refractivity (Wildman–Crippen MR) is 80.3 cm³/mol. The van der Waals surface area contributed by atoms with Crippen LogP contribution in [0.3, 0.4) is 0 Å². The number of nitrogens with zero attached hydrogens (tertiary/aromatic N) is 1. The highest BCUT2D eigenvalue weighted by molar-refractivity contribution is 5.89. The molecule has 3 rings (SSSR count). The summed E-state index contributed by atoms with van der Waals surface area (Å²) in [5, 5.41) is 0. The number of amides is 1. The lowest BCUT2D eigenvalue weighted by Crippen LogP contribution is -2.53. The molecule has 1 aromatic carbocycles. The van der Waals surface area contributed by atoms with Gasteiger partial charge in [0.25, 0.3) is 0 Å². The van der Waals surface area contributed by atoms with E-state index in [-0.39, 0.29) is 5.41 Å². The van der Waals surface area contributed by atoms with E-state index in [1.807, 2.05) is 18.2 Å². The molecule has 1 aliphatic heterocycles. The lowest BCUT2D eigenvalue weighted by atomic mass is 9.63. The monoisotopic (exact) mass is 272 g/mol. The fourth-order valence-electron chi connectivity index (χ4n) is 3.59. The number of piperidine rings is 1. The summed E-state index contributed by atoms with van der Waals surface area (Å²) in [6.07, 6.45) is 5.31. The Morgan fingerprint density at radius 1 is 1.20 bits per heavy atom. The van der Waals surface area contributed by atoms with Gasteiger partial charge in [0.05, 0.1) is 5.41 Å². The van der Waals surface area contributed by atoms with E-state index in [9.17, 15) is 4.79 Å². The molecule has 0 bridgehead atoms. The van der Waals surface area contributed by atoms with Crippen LogP contribution in [0.25, 0.3) is 0 Å². The topological polar surface area (TPSA) is 46.3 Å². The van der Waals surface area contributed by atoms with E-state index >= 15 is 0 Å². The molecule has 1 saturated carbocycles. The highest BCUT2D eigenvalue weighted by Crippen LogP contribution is 2.45. The van der Waals surface area contributed by atoms with Gasteiger partial charge >= 0.3 is 0 Å². The van der Waals surface area contributed by atoms with Crippen molar-refractivity contribution < 1.29 is 4.79 Å². The minimum Gasteiger partial charge on any atom is -0.342 e. The molecule has 20 heavy (non-hydrogen) atoms. The highest BCUT2D eigenvalue weighted by atomic mass is 16.2. The average molecular weight is 272 g/mol. The van der Waals surface area contributed by atoms with E-state index < -0.39 is 0 Å². The molecule has 0 unspecified atom stereocenters. The molecular weight excluding hydrogens is 248 g/mol. The third-order valence-corrected chi connectivity index (χ3v) is 5.18. The number of hydrogen-bond acceptors (Lipinski definition) is 2. The maximum Gasteiger partial charge on any atom is 0.233 e. The van der Waals surface area contributed by atoms with Gasteiger partial charge in [-0.1, -0.05) is 36.8 Å². The van der Waals surface area contributed by atoms with Crippen molar-refractivity contribution in [2.45, 2.75) is 37.5 Å². The van der Waals surface area contributed by atoms with E-state index in [1.54, 1.807) is 0 Å². The molecule has 0 spiro atoms. The second-order valence-electron chi connectivity index (χ2n) is 6.27. The highest BCUT2D eigenvalue weighted by Gasteiger charge is 2.47. The van der Waals surface area contributed by atoms with Gasteiger partial charge in [0.1, 0.15) is 0 Å². The number of carbonyl (C=O) groups excluding carboxylic acids is 1. The van der Waals surface area contributed by atoms with Crippen molar-refractivity contribution in [2.24, 2.45) is 11.7 Å². The summed E-state index contributed by atoms with van der Waals surface area (Å²) in [4.78, 5) is 15.1. The summed E-state index contributed by atoms with van der Waals surface area (Å²) in [5.74, 6) is 0.957. The SMILES string of the molecule is NCC1CCN(C(=O)C2(c3ccccc3)CCC2)CC1. The molecule has 1 aromatic rings. The van der Waals surface area contributed by atoms with Crippen molar-refractivity contribution in [2.75, 3.05) is 19.6 Å². The second-order valence-corrected chi connectivity index (χ2v) is 6.27. The van der Waals surface area contributed by atoms with E-state index in [4.69, 9.17) is 5.73 Å². The molecule has 3 nitrogen and oxygen atoms in total. The van der Waals surface area contributed by atoms with Crippen LogP contribution in [0.5, 0.6) is 0 Å². The van der Waals surface area contributed by atoms with Gasteiger partial charge in [-0.3, -0.25) is 4.79 Å². The van der Waals surface area contributed by atoms with Crippen LogP contribution in [0.15, 0.2) is 30.3 Å². The zero-order valence-electron chi connectivity index (χ0n) is 12.1. The van der Waals surface area contributed by atoms with Gasteiger partial charge in [0.15, 0.2) is 0 Å². The predicted octanol–water partition coefficient (Wildman–Crippen LogP) is 2.31. The van der Waals surface area contributed by atoms with E-state index in [0.29, 0.717) is 11.8 Å². The molecule has 1 saturated heterocycles. The number of nitrogens with two attached hydrogens (primary N) is 1. The Kier molecular flexibility index (Phi) is 3.79. The lowest BCUT2D eigenvalue weighted by molar-refractivity contribution is -0.142. The first-order chi connectivity index (χ1) is 9.76. The Morgan fingerprint density at radius 2 is 1.85 bits per heavy atom. The Bertz CT molecular complexity index is 459. The van der Waals surface area contributed by atoms with Gasteiger partial charge in [-0.25, -0.2) is 0 Å². The van der Waals surface area contributed by atoms with Crippen LogP contribution >= 0.6 is 0 Å². The van der Waals surface area contributed by atoms with Gasteiger partial charge in [-0.2, -0.15) is 0 Å². The van der Waals surface area contributed by atoms with Gasteiger partial charge in [0.2, 0.25) is 5.91 Å². The summed E-state index contributed by atoms with van der Waals surface area (Å²) in [5.41, 5.74) is 6.72. The molecule has 2 aliphatic rings. The quantitative estimate of drug-likeness (QED) is 0.917. The zero-order valence-corrected chi connectivity index (χ0v) is 12.1. The van der Waals surface area contributed by atoms with E-state index in [2.05, 4.69) is 17.0 Å². The molecule has 0 radical (unpaired) electrons. The lowest BCUT2D eigenvalue weighted by Gasteiger charge is -2.45. The first kappa shape index (κ1) is 13.6. The second kappa shape index (κ2) is 5.57. The van der Waals surface area contributed by atoms with Crippen molar-refractivity contribution in [3.05, 3.63) is 35.9 Å². The van der Waals surface area contributed by atoms with Crippen LogP contribution in [-0.2, 0) is 10.2 Å². The molecule has 1 aliphatic carbocycles. The summed E-state index contributed by atoms with van der Waals surface area (Å²) >= 11 is 0. The van der Waals surface area contributed by atoms with Gasteiger partial charge in [-0.15, -0.1) is 0 Å². The summed E-state index contributed by atoms with van der Waals surface area (Å²) < 4.78 is 0. The van der Waals surface area contributed by atoms with Crippen LogP contribution < -0.4 is 5.73 Å². The Balaban J connectivity index is 1.75. The zero-order chi connectivity index (χ0) is 14.0. The Morgan fingerprint density at radius 3 is 2.35 bits per heavy atom. The molecule has 2 N–H and O–H groups in total. The maximum atomic E-state index is 13.0. The molecular formula is C17H24N2O. The number of carbonyl (C=O) groups is 1. The largest absolute Gasteiger partial charge is 0.342 e. The maximum absolute atomic E-state index is 13.0. The van der Waals surface area contributed by atoms with Gasteiger partial charge in [0, 0.05) is 13.1 Å². The van der Waals surface area contributed by atoms with E-state index in [0.717, 1.165) is 45.3 Å². The van der Waals surface area contributed by atoms with Crippen molar-refractivity contribution in [1.82, 2.24) is 4.90 Å². The number of benzene rings is 1. The van der Waals surface area contributed by atoms with Crippen molar-refractivity contribution in [3.63, 3.8) is 0 Å². The third kappa shape index (κ3) is 2.24. The molecule has 0 atom stereocenters. The van der Waals surface area contributed by atoms with E-state index in [1.165, 1.54) is 12.0 Å².